The maximum Gasteiger partial charge on any atom is 0.410 e. The van der Waals surface area contributed by atoms with Gasteiger partial charge >= 0.3 is 6.09 Å². The van der Waals surface area contributed by atoms with Gasteiger partial charge in [-0.3, -0.25) is 24.2 Å². The van der Waals surface area contributed by atoms with Gasteiger partial charge in [-0.15, -0.1) is 0 Å². The zero-order valence-corrected chi connectivity index (χ0v) is 29.0. The van der Waals surface area contributed by atoms with E-state index in [1.807, 2.05) is 39.0 Å². The van der Waals surface area contributed by atoms with Gasteiger partial charge in [-0.25, -0.2) is 4.79 Å². The van der Waals surface area contributed by atoms with Gasteiger partial charge in [0.05, 0.1) is 17.7 Å². The summed E-state index contributed by atoms with van der Waals surface area (Å²) in [6, 6.07) is 12.3. The summed E-state index contributed by atoms with van der Waals surface area (Å²) in [7, 11) is 1.44. The molecule has 2 aromatic carbocycles. The van der Waals surface area contributed by atoms with Crippen LogP contribution in [-0.2, 0) is 14.3 Å². The molecule has 49 heavy (non-hydrogen) atoms. The highest BCUT2D eigenvalue weighted by atomic mass is 16.6. The highest BCUT2D eigenvalue weighted by Crippen LogP contribution is 2.30. The third-order valence-electron chi connectivity index (χ3n) is 9.08. The predicted molar refractivity (Wildman–Crippen MR) is 185 cm³/mol. The summed E-state index contributed by atoms with van der Waals surface area (Å²) in [4.78, 5) is 71.8. The van der Waals surface area contributed by atoms with E-state index in [4.69, 9.17) is 9.47 Å². The Morgan fingerprint density at radius 3 is 2.10 bits per heavy atom. The fourth-order valence-electron chi connectivity index (χ4n) is 6.43. The van der Waals surface area contributed by atoms with E-state index in [-0.39, 0.29) is 30.1 Å². The molecule has 2 fully saturated rings. The SMILES string of the molecule is CNC(=O)C(CCC=O)N1C(=O)c2ccc(N3CCN(CCCOc4ccc(N5CCN(C(=O)OC(C)(C)C)CC5)cc4)CC3)cc2C1=O. The topological polar surface area (TPSA) is 132 Å². The number of aldehydes is 1. The summed E-state index contributed by atoms with van der Waals surface area (Å²) >= 11 is 0. The summed E-state index contributed by atoms with van der Waals surface area (Å²) in [5.74, 6) is -0.661. The predicted octanol–water partition coefficient (Wildman–Crippen LogP) is 3.02. The van der Waals surface area contributed by atoms with E-state index in [0.717, 1.165) is 74.3 Å². The number of benzene rings is 2. The van der Waals surface area contributed by atoms with Crippen molar-refractivity contribution >= 4 is 41.5 Å². The summed E-state index contributed by atoms with van der Waals surface area (Å²) in [6.45, 7) is 13.2. The van der Waals surface area contributed by atoms with Crippen LogP contribution in [-0.4, -0.2) is 129 Å². The quantitative estimate of drug-likeness (QED) is 0.203. The zero-order chi connectivity index (χ0) is 35.1. The molecule has 1 N–H and O–H groups in total. The summed E-state index contributed by atoms with van der Waals surface area (Å²) < 4.78 is 11.5. The van der Waals surface area contributed by atoms with Crippen molar-refractivity contribution in [2.24, 2.45) is 0 Å². The van der Waals surface area contributed by atoms with Crippen molar-refractivity contribution in [2.75, 3.05) is 82.4 Å². The molecule has 13 heteroatoms. The molecule has 1 atom stereocenters. The third-order valence-corrected chi connectivity index (χ3v) is 9.08. The number of nitrogens with one attached hydrogen (secondary N) is 1. The molecular formula is C36H48N6O7. The Labute approximate surface area is 288 Å². The minimum absolute atomic E-state index is 0.0686. The van der Waals surface area contributed by atoms with Crippen molar-refractivity contribution in [2.45, 2.75) is 51.7 Å². The molecule has 3 aliphatic rings. The van der Waals surface area contributed by atoms with Gasteiger partial charge in [0.2, 0.25) is 5.91 Å². The molecule has 0 spiro atoms. The van der Waals surface area contributed by atoms with Crippen LogP contribution in [0, 0.1) is 0 Å². The van der Waals surface area contributed by atoms with E-state index in [9.17, 15) is 24.0 Å². The Morgan fingerprint density at radius 2 is 1.47 bits per heavy atom. The highest BCUT2D eigenvalue weighted by molar-refractivity contribution is 6.23. The molecular weight excluding hydrogens is 628 g/mol. The van der Waals surface area contributed by atoms with Crippen molar-refractivity contribution in [3.05, 3.63) is 53.6 Å². The molecule has 0 bridgehead atoms. The maximum absolute atomic E-state index is 13.3. The van der Waals surface area contributed by atoms with E-state index in [2.05, 4.69) is 32.1 Å². The minimum atomic E-state index is -1.03. The van der Waals surface area contributed by atoms with E-state index in [0.29, 0.717) is 26.0 Å². The first-order chi connectivity index (χ1) is 23.5. The number of fused-ring (bicyclic) bond motifs is 1. The number of carbonyl (C=O) groups excluding carboxylic acids is 5. The lowest BCUT2D eigenvalue weighted by molar-refractivity contribution is -0.124. The largest absolute Gasteiger partial charge is 0.494 e. The van der Waals surface area contributed by atoms with E-state index >= 15 is 0 Å². The number of nitrogens with zero attached hydrogens (tertiary/aromatic N) is 5. The van der Waals surface area contributed by atoms with E-state index in [1.165, 1.54) is 7.05 Å². The van der Waals surface area contributed by atoms with Crippen molar-refractivity contribution in [3.63, 3.8) is 0 Å². The number of amides is 4. The van der Waals surface area contributed by atoms with Gasteiger partial charge in [0.1, 0.15) is 23.7 Å². The Hall–Kier alpha value is -4.65. The first kappa shape index (κ1) is 35.7. The van der Waals surface area contributed by atoms with Crippen LogP contribution in [0.3, 0.4) is 0 Å². The average molecular weight is 677 g/mol. The lowest BCUT2D eigenvalue weighted by atomic mass is 10.1. The number of anilines is 2. The first-order valence-corrected chi connectivity index (χ1v) is 17.1. The second-order valence-electron chi connectivity index (χ2n) is 13.6. The van der Waals surface area contributed by atoms with Crippen LogP contribution in [0.4, 0.5) is 16.2 Å². The van der Waals surface area contributed by atoms with Crippen molar-refractivity contribution in [1.29, 1.82) is 0 Å². The molecule has 264 valence electrons. The normalized spacial score (nSPS) is 17.6. The minimum Gasteiger partial charge on any atom is -0.494 e. The van der Waals surface area contributed by atoms with Crippen molar-refractivity contribution in [1.82, 2.24) is 20.0 Å². The second kappa shape index (κ2) is 15.7. The van der Waals surface area contributed by atoms with Crippen molar-refractivity contribution in [3.8, 4) is 5.75 Å². The van der Waals surface area contributed by atoms with Gasteiger partial charge in [0.25, 0.3) is 11.8 Å². The molecule has 0 aromatic heterocycles. The monoisotopic (exact) mass is 676 g/mol. The summed E-state index contributed by atoms with van der Waals surface area (Å²) in [5.41, 5.74) is 2.04. The summed E-state index contributed by atoms with van der Waals surface area (Å²) in [5, 5.41) is 2.50. The van der Waals surface area contributed by atoms with Crippen LogP contribution >= 0.6 is 0 Å². The molecule has 2 aromatic rings. The van der Waals surface area contributed by atoms with Gasteiger partial charge in [-0.1, -0.05) is 0 Å². The number of hydrogen-bond acceptors (Lipinski definition) is 10. The lowest BCUT2D eigenvalue weighted by Gasteiger charge is -2.36. The third kappa shape index (κ3) is 8.69. The lowest BCUT2D eigenvalue weighted by Crippen LogP contribution is -2.50. The van der Waals surface area contributed by atoms with Gasteiger partial charge in [0.15, 0.2) is 0 Å². The number of likely N-dealkylation sites (N-methyl/N-ethyl adjacent to an activating group) is 1. The number of piperazine rings is 2. The average Bonchev–Trinajstić information content (AvgIpc) is 3.34. The number of hydrogen-bond donors (Lipinski definition) is 1. The first-order valence-electron chi connectivity index (χ1n) is 17.1. The number of carbonyl (C=O) groups is 5. The van der Waals surface area contributed by atoms with E-state index in [1.54, 1.807) is 17.0 Å². The maximum atomic E-state index is 13.3. The van der Waals surface area contributed by atoms with Crippen LogP contribution in [0.1, 0.15) is 60.7 Å². The van der Waals surface area contributed by atoms with Crippen LogP contribution in [0.5, 0.6) is 5.75 Å². The van der Waals surface area contributed by atoms with Crippen LogP contribution in [0.2, 0.25) is 0 Å². The van der Waals surface area contributed by atoms with Gasteiger partial charge in [-0.2, -0.15) is 0 Å². The van der Waals surface area contributed by atoms with E-state index < -0.39 is 29.4 Å². The molecule has 3 heterocycles. The van der Waals surface area contributed by atoms with Gasteiger partial charge < -0.3 is 34.3 Å². The Balaban J connectivity index is 1.03. The Bertz CT molecular complexity index is 1510. The number of rotatable bonds is 12. The van der Waals surface area contributed by atoms with Crippen LogP contribution in [0.25, 0.3) is 0 Å². The van der Waals surface area contributed by atoms with Crippen LogP contribution in [0.15, 0.2) is 42.5 Å². The smallest absolute Gasteiger partial charge is 0.410 e. The molecule has 3 aliphatic heterocycles. The molecule has 0 saturated carbocycles. The number of imide groups is 1. The van der Waals surface area contributed by atoms with Crippen molar-refractivity contribution < 1.29 is 33.4 Å². The zero-order valence-electron chi connectivity index (χ0n) is 29.0. The molecule has 5 rings (SSSR count). The Morgan fingerprint density at radius 1 is 0.857 bits per heavy atom. The molecule has 1 unspecified atom stereocenters. The molecule has 4 amide bonds. The molecule has 0 aliphatic carbocycles. The summed E-state index contributed by atoms with van der Waals surface area (Å²) in [6.07, 6.45) is 1.45. The van der Waals surface area contributed by atoms with Crippen LogP contribution < -0.4 is 19.9 Å². The standard InChI is InChI=1S/C36H48N6O7/c1-36(2,3)49-35(47)41-21-19-39(20-22-41)26-8-11-28(12-9-26)48-24-6-14-38-15-17-40(18-16-38)27-10-13-29-30(25-27)34(46)42(33(29)45)31(7-5-23-43)32(44)37-4/h8-13,23,25,31H,5-7,14-22,24H2,1-4H3,(H,37,44). The fraction of sp³-hybridized carbons (Fsp3) is 0.528. The molecule has 2 saturated heterocycles. The number of ether oxygens (including phenoxy) is 2. The van der Waals surface area contributed by atoms with Gasteiger partial charge in [0, 0.05) is 83.7 Å². The molecule has 13 nitrogen and oxygen atoms in total. The second-order valence-corrected chi connectivity index (χ2v) is 13.6. The fourth-order valence-corrected chi connectivity index (χ4v) is 6.43. The highest BCUT2D eigenvalue weighted by Gasteiger charge is 2.42. The Kier molecular flexibility index (Phi) is 11.4. The molecule has 0 radical (unpaired) electrons. The van der Waals surface area contributed by atoms with Gasteiger partial charge in [-0.05, 0) is 76.1 Å².